The molecule has 3 heterocycles. The van der Waals surface area contributed by atoms with Crippen molar-refractivity contribution in [2.45, 2.75) is 42.8 Å². The highest BCUT2D eigenvalue weighted by atomic mass is 79.9. The Labute approximate surface area is 177 Å². The number of halogens is 1. The van der Waals surface area contributed by atoms with E-state index in [9.17, 15) is 9.59 Å². The number of alkyl halides is 1. The van der Waals surface area contributed by atoms with Crippen LogP contribution < -0.4 is 0 Å². The zero-order valence-electron chi connectivity index (χ0n) is 15.8. The second-order valence-electron chi connectivity index (χ2n) is 7.88. The number of carbonyl (C=O) groups excluding carboxylic acids is 2. The van der Waals surface area contributed by atoms with Gasteiger partial charge in [-0.1, -0.05) is 46.3 Å². The number of rotatable bonds is 3. The van der Waals surface area contributed by atoms with Gasteiger partial charge in [-0.2, -0.15) is 0 Å². The second kappa shape index (κ2) is 7.41. The molecule has 0 bridgehead atoms. The topological polar surface area (TPSA) is 59.5 Å². The van der Waals surface area contributed by atoms with Gasteiger partial charge < -0.3 is 9.64 Å². The van der Waals surface area contributed by atoms with E-state index in [-0.39, 0.29) is 29.5 Å². The fraction of sp³-hybridized carbons (Fsp3) is 0.348. The molecule has 1 aliphatic carbocycles. The summed E-state index contributed by atoms with van der Waals surface area (Å²) in [5.74, 6) is -0.0766. The summed E-state index contributed by atoms with van der Waals surface area (Å²) >= 11 is 3.67. The summed E-state index contributed by atoms with van der Waals surface area (Å²) in [5.41, 5.74) is 2.42. The lowest BCUT2D eigenvalue weighted by molar-refractivity contribution is -0.135. The fourth-order valence-corrected chi connectivity index (χ4v) is 5.37. The van der Waals surface area contributed by atoms with Gasteiger partial charge in [0.1, 0.15) is 6.10 Å². The van der Waals surface area contributed by atoms with Gasteiger partial charge in [0.15, 0.2) is 11.5 Å². The minimum atomic E-state index is -0.440. The maximum Gasteiger partial charge on any atom is 0.290 e. The standard InChI is InChI=1S/C23H21BrN2O3/c24-16-6-7-18-17(12-16)21(27)19-20(15-8-10-25-11-9-15)26(23(28)22(19)29-18)13-14-4-2-1-3-5-14/h1-5,8-11,16-18,20H,6-7,12-13H2. The quantitative estimate of drug-likeness (QED) is 0.661. The number of Topliss-reactive ketones (excluding diaryl/α,β-unsaturated/α-hetero) is 1. The summed E-state index contributed by atoms with van der Waals surface area (Å²) in [5, 5.41) is 0. The molecule has 4 unspecified atom stereocenters. The van der Waals surface area contributed by atoms with Crippen LogP contribution in [0.5, 0.6) is 0 Å². The molecule has 1 amide bonds. The molecule has 4 atom stereocenters. The van der Waals surface area contributed by atoms with E-state index in [1.54, 1.807) is 17.3 Å². The first-order valence-corrected chi connectivity index (χ1v) is 10.9. The van der Waals surface area contributed by atoms with Crippen LogP contribution in [0.4, 0.5) is 0 Å². The molecule has 2 aromatic rings. The van der Waals surface area contributed by atoms with E-state index < -0.39 is 6.04 Å². The lowest BCUT2D eigenvalue weighted by atomic mass is 9.77. The Kier molecular flexibility index (Phi) is 4.74. The highest BCUT2D eigenvalue weighted by Crippen LogP contribution is 2.47. The Morgan fingerprint density at radius 3 is 2.59 bits per heavy atom. The summed E-state index contributed by atoms with van der Waals surface area (Å²) in [6, 6.07) is 13.2. The number of ketones is 1. The minimum Gasteiger partial charge on any atom is -0.483 e. The largest absolute Gasteiger partial charge is 0.483 e. The van der Waals surface area contributed by atoms with Crippen LogP contribution in [0.25, 0.3) is 0 Å². The van der Waals surface area contributed by atoms with Crippen LogP contribution in [0, 0.1) is 5.92 Å². The Balaban J connectivity index is 1.57. The Morgan fingerprint density at radius 1 is 1.07 bits per heavy atom. The van der Waals surface area contributed by atoms with Crippen LogP contribution in [0.15, 0.2) is 66.2 Å². The van der Waals surface area contributed by atoms with Crippen molar-refractivity contribution in [3.63, 3.8) is 0 Å². The van der Waals surface area contributed by atoms with Crippen LogP contribution in [0.3, 0.4) is 0 Å². The van der Waals surface area contributed by atoms with Crippen molar-refractivity contribution in [3.05, 3.63) is 77.3 Å². The summed E-state index contributed by atoms with van der Waals surface area (Å²) in [7, 11) is 0. The maximum atomic E-state index is 13.6. The predicted molar refractivity (Wildman–Crippen MR) is 111 cm³/mol. The van der Waals surface area contributed by atoms with Gasteiger partial charge in [0.25, 0.3) is 5.91 Å². The molecule has 29 heavy (non-hydrogen) atoms. The smallest absolute Gasteiger partial charge is 0.290 e. The molecule has 0 spiro atoms. The lowest BCUT2D eigenvalue weighted by Crippen LogP contribution is -2.41. The van der Waals surface area contributed by atoms with Gasteiger partial charge in [0.05, 0.1) is 17.5 Å². The van der Waals surface area contributed by atoms with Crippen molar-refractivity contribution in [3.8, 4) is 0 Å². The highest BCUT2D eigenvalue weighted by Gasteiger charge is 2.52. The van der Waals surface area contributed by atoms with Crippen molar-refractivity contribution in [2.75, 3.05) is 0 Å². The van der Waals surface area contributed by atoms with E-state index in [0.717, 1.165) is 30.4 Å². The molecule has 1 saturated carbocycles. The van der Waals surface area contributed by atoms with Gasteiger partial charge in [-0.15, -0.1) is 0 Å². The number of hydrogen-bond acceptors (Lipinski definition) is 4. The molecule has 5 nitrogen and oxygen atoms in total. The zero-order chi connectivity index (χ0) is 20.0. The van der Waals surface area contributed by atoms with Gasteiger partial charge in [-0.25, -0.2) is 0 Å². The van der Waals surface area contributed by atoms with Crippen molar-refractivity contribution >= 4 is 27.6 Å². The zero-order valence-corrected chi connectivity index (χ0v) is 17.4. The summed E-state index contributed by atoms with van der Waals surface area (Å²) in [6.07, 6.45) is 5.68. The first kappa shape index (κ1) is 18.6. The first-order chi connectivity index (χ1) is 14.1. The third-order valence-corrected chi connectivity index (χ3v) is 6.93. The number of nitrogens with zero attached hydrogens (tertiary/aromatic N) is 2. The molecular weight excluding hydrogens is 432 g/mol. The minimum absolute atomic E-state index is 0.0612. The predicted octanol–water partition coefficient (Wildman–Crippen LogP) is 3.95. The van der Waals surface area contributed by atoms with E-state index >= 15 is 0 Å². The molecular formula is C23H21BrN2O3. The number of carbonyl (C=O) groups is 2. The van der Waals surface area contributed by atoms with E-state index in [4.69, 9.17) is 4.74 Å². The van der Waals surface area contributed by atoms with Crippen LogP contribution in [-0.4, -0.2) is 32.5 Å². The molecule has 5 rings (SSSR count). The number of hydrogen-bond donors (Lipinski definition) is 0. The Hall–Kier alpha value is -2.47. The third-order valence-electron chi connectivity index (χ3n) is 6.10. The van der Waals surface area contributed by atoms with E-state index in [1.807, 2.05) is 42.5 Å². The molecule has 0 radical (unpaired) electrons. The Morgan fingerprint density at radius 2 is 1.83 bits per heavy atom. The van der Waals surface area contributed by atoms with Gasteiger partial charge in [0, 0.05) is 23.8 Å². The second-order valence-corrected chi connectivity index (χ2v) is 9.18. The average Bonchev–Trinajstić information content (AvgIpc) is 3.02. The molecule has 3 aliphatic rings. The monoisotopic (exact) mass is 452 g/mol. The molecule has 1 fully saturated rings. The molecule has 6 heteroatoms. The summed E-state index contributed by atoms with van der Waals surface area (Å²) in [6.45, 7) is 0.423. The SMILES string of the molecule is O=C1C2=C(OC3CCC(Br)CC13)C(=O)N(Cc1ccccc1)C2c1ccncc1. The van der Waals surface area contributed by atoms with E-state index in [2.05, 4.69) is 20.9 Å². The average molecular weight is 453 g/mol. The van der Waals surface area contributed by atoms with Crippen molar-refractivity contribution in [1.29, 1.82) is 0 Å². The summed E-state index contributed by atoms with van der Waals surface area (Å²) in [4.78, 5) is 33.1. The van der Waals surface area contributed by atoms with Gasteiger partial charge in [-0.3, -0.25) is 14.6 Å². The van der Waals surface area contributed by atoms with Crippen molar-refractivity contribution in [2.24, 2.45) is 5.92 Å². The lowest BCUT2D eigenvalue weighted by Gasteiger charge is -2.37. The van der Waals surface area contributed by atoms with Gasteiger partial charge >= 0.3 is 0 Å². The van der Waals surface area contributed by atoms with Crippen LogP contribution in [-0.2, 0) is 20.9 Å². The molecule has 2 aliphatic heterocycles. The molecule has 0 saturated heterocycles. The molecule has 1 aromatic carbocycles. The normalized spacial score (nSPS) is 28.8. The molecule has 1 aromatic heterocycles. The molecule has 0 N–H and O–H groups in total. The van der Waals surface area contributed by atoms with Crippen LogP contribution in [0.1, 0.15) is 36.4 Å². The highest BCUT2D eigenvalue weighted by molar-refractivity contribution is 9.09. The van der Waals surface area contributed by atoms with E-state index in [1.165, 1.54) is 0 Å². The first-order valence-electron chi connectivity index (χ1n) is 9.97. The van der Waals surface area contributed by atoms with Gasteiger partial charge in [0.2, 0.25) is 0 Å². The van der Waals surface area contributed by atoms with E-state index in [0.29, 0.717) is 16.9 Å². The maximum absolute atomic E-state index is 13.6. The molecule has 148 valence electrons. The number of aromatic nitrogens is 1. The van der Waals surface area contributed by atoms with Crippen LogP contribution in [0.2, 0.25) is 0 Å². The number of fused-ring (bicyclic) bond motifs is 1. The number of pyridine rings is 1. The fourth-order valence-electron chi connectivity index (χ4n) is 4.70. The number of ether oxygens (including phenoxy) is 1. The Bertz CT molecular complexity index is 976. The van der Waals surface area contributed by atoms with Crippen LogP contribution >= 0.6 is 15.9 Å². The summed E-state index contributed by atoms with van der Waals surface area (Å²) < 4.78 is 6.20. The number of amides is 1. The van der Waals surface area contributed by atoms with Gasteiger partial charge in [-0.05, 0) is 42.5 Å². The van der Waals surface area contributed by atoms with Crippen molar-refractivity contribution < 1.29 is 14.3 Å². The third kappa shape index (κ3) is 3.19. The van der Waals surface area contributed by atoms with Crippen molar-refractivity contribution in [1.82, 2.24) is 9.88 Å². The number of benzene rings is 1.